The maximum atomic E-state index is 11.0. The van der Waals surface area contributed by atoms with Crippen LogP contribution in [0.2, 0.25) is 0 Å². The summed E-state index contributed by atoms with van der Waals surface area (Å²) in [6.07, 6.45) is 0.332. The first-order valence-electron chi connectivity index (χ1n) is 5.20. The molecule has 4 heteroatoms. The minimum atomic E-state index is -0.0463. The van der Waals surface area contributed by atoms with Crippen LogP contribution >= 0.6 is 0 Å². The Morgan fingerprint density at radius 2 is 2.19 bits per heavy atom. The SMILES string of the molecule is CNC(=O)CCOc1cc(C)cc(CO)c1. The van der Waals surface area contributed by atoms with Gasteiger partial charge in [0, 0.05) is 7.05 Å². The number of aliphatic hydroxyl groups excluding tert-OH is 1. The molecule has 0 saturated heterocycles. The van der Waals surface area contributed by atoms with E-state index in [1.54, 1.807) is 13.1 Å². The average molecular weight is 223 g/mol. The van der Waals surface area contributed by atoms with Crippen LogP contribution in [0.25, 0.3) is 0 Å². The molecule has 1 aromatic carbocycles. The number of aryl methyl sites for hydroxylation is 1. The highest BCUT2D eigenvalue weighted by atomic mass is 16.5. The van der Waals surface area contributed by atoms with Crippen LogP contribution in [0, 0.1) is 6.92 Å². The molecule has 0 fully saturated rings. The predicted octanol–water partition coefficient (Wildman–Crippen LogP) is 1.00. The summed E-state index contributed by atoms with van der Waals surface area (Å²) in [6.45, 7) is 2.27. The van der Waals surface area contributed by atoms with Crippen molar-refractivity contribution in [3.63, 3.8) is 0 Å². The van der Waals surface area contributed by atoms with Crippen LogP contribution in [0.1, 0.15) is 17.5 Å². The lowest BCUT2D eigenvalue weighted by Gasteiger charge is -2.08. The zero-order chi connectivity index (χ0) is 12.0. The molecule has 2 N–H and O–H groups in total. The Kier molecular flexibility index (Phi) is 4.79. The first-order valence-corrected chi connectivity index (χ1v) is 5.20. The molecule has 0 unspecified atom stereocenters. The van der Waals surface area contributed by atoms with Gasteiger partial charge in [0.05, 0.1) is 19.6 Å². The van der Waals surface area contributed by atoms with Crippen LogP contribution < -0.4 is 10.1 Å². The van der Waals surface area contributed by atoms with Crippen molar-refractivity contribution in [3.05, 3.63) is 29.3 Å². The van der Waals surface area contributed by atoms with Gasteiger partial charge in [0.1, 0.15) is 5.75 Å². The lowest BCUT2D eigenvalue weighted by molar-refractivity contribution is -0.121. The Labute approximate surface area is 95.2 Å². The van der Waals surface area contributed by atoms with E-state index in [-0.39, 0.29) is 12.5 Å². The molecule has 0 aliphatic heterocycles. The van der Waals surface area contributed by atoms with Crippen molar-refractivity contribution in [3.8, 4) is 5.75 Å². The van der Waals surface area contributed by atoms with Gasteiger partial charge in [-0.05, 0) is 30.2 Å². The number of hydrogen-bond acceptors (Lipinski definition) is 3. The van der Waals surface area contributed by atoms with E-state index in [1.165, 1.54) is 0 Å². The van der Waals surface area contributed by atoms with Gasteiger partial charge in [-0.25, -0.2) is 0 Å². The van der Waals surface area contributed by atoms with Crippen molar-refractivity contribution in [2.45, 2.75) is 20.0 Å². The van der Waals surface area contributed by atoms with Gasteiger partial charge in [-0.15, -0.1) is 0 Å². The zero-order valence-corrected chi connectivity index (χ0v) is 9.62. The molecule has 4 nitrogen and oxygen atoms in total. The highest BCUT2D eigenvalue weighted by molar-refractivity contribution is 5.75. The minimum absolute atomic E-state index is 0.00646. The monoisotopic (exact) mass is 223 g/mol. The summed E-state index contributed by atoms with van der Waals surface area (Å²) >= 11 is 0. The van der Waals surface area contributed by atoms with Crippen LogP contribution in [0.15, 0.2) is 18.2 Å². The lowest BCUT2D eigenvalue weighted by Crippen LogP contribution is -2.20. The summed E-state index contributed by atoms with van der Waals surface area (Å²) in [4.78, 5) is 11.0. The number of aliphatic hydroxyl groups is 1. The van der Waals surface area contributed by atoms with E-state index >= 15 is 0 Å². The van der Waals surface area contributed by atoms with E-state index in [0.717, 1.165) is 11.1 Å². The molecular formula is C12H17NO3. The second-order valence-electron chi connectivity index (χ2n) is 3.58. The number of carbonyl (C=O) groups is 1. The topological polar surface area (TPSA) is 58.6 Å². The van der Waals surface area contributed by atoms with Gasteiger partial charge in [0.15, 0.2) is 0 Å². The molecule has 0 aliphatic carbocycles. The maximum Gasteiger partial charge on any atom is 0.223 e. The van der Waals surface area contributed by atoms with Crippen LogP contribution in [-0.2, 0) is 11.4 Å². The Balaban J connectivity index is 2.53. The molecule has 1 aromatic rings. The van der Waals surface area contributed by atoms with E-state index in [2.05, 4.69) is 5.32 Å². The van der Waals surface area contributed by atoms with Crippen LogP contribution in [0.3, 0.4) is 0 Å². The maximum absolute atomic E-state index is 11.0. The summed E-state index contributed by atoms with van der Waals surface area (Å²) in [7, 11) is 1.60. The molecule has 1 amide bonds. The van der Waals surface area contributed by atoms with Crippen molar-refractivity contribution in [1.82, 2.24) is 5.32 Å². The minimum Gasteiger partial charge on any atom is -0.493 e. The fourth-order valence-electron chi connectivity index (χ4n) is 1.39. The van der Waals surface area contributed by atoms with Crippen LogP contribution in [0.5, 0.6) is 5.75 Å². The fraction of sp³-hybridized carbons (Fsp3) is 0.417. The van der Waals surface area contributed by atoms with Crippen molar-refractivity contribution in [2.75, 3.05) is 13.7 Å². The second-order valence-corrected chi connectivity index (χ2v) is 3.58. The van der Waals surface area contributed by atoms with E-state index in [1.807, 2.05) is 19.1 Å². The number of benzene rings is 1. The van der Waals surface area contributed by atoms with E-state index in [0.29, 0.717) is 18.8 Å². The van der Waals surface area contributed by atoms with E-state index in [9.17, 15) is 4.79 Å². The molecule has 0 aliphatic rings. The molecule has 0 spiro atoms. The van der Waals surface area contributed by atoms with Crippen molar-refractivity contribution in [1.29, 1.82) is 0 Å². The Bertz CT molecular complexity index is 363. The third kappa shape index (κ3) is 3.90. The third-order valence-corrected chi connectivity index (χ3v) is 2.17. The normalized spacial score (nSPS) is 9.94. The number of carbonyl (C=O) groups excluding carboxylic acids is 1. The van der Waals surface area contributed by atoms with Crippen molar-refractivity contribution >= 4 is 5.91 Å². The number of ether oxygens (including phenoxy) is 1. The summed E-state index contributed by atoms with van der Waals surface area (Å²) in [5, 5.41) is 11.5. The van der Waals surface area contributed by atoms with Crippen LogP contribution in [-0.4, -0.2) is 24.7 Å². The molecule has 0 bridgehead atoms. The van der Waals surface area contributed by atoms with Gasteiger partial charge in [-0.3, -0.25) is 4.79 Å². The number of amides is 1. The summed E-state index contributed by atoms with van der Waals surface area (Å²) < 4.78 is 5.43. The Hall–Kier alpha value is -1.55. The quantitative estimate of drug-likeness (QED) is 0.783. The Morgan fingerprint density at radius 1 is 1.44 bits per heavy atom. The second kappa shape index (κ2) is 6.12. The Morgan fingerprint density at radius 3 is 2.81 bits per heavy atom. The van der Waals surface area contributed by atoms with E-state index < -0.39 is 0 Å². The fourth-order valence-corrected chi connectivity index (χ4v) is 1.39. The van der Waals surface area contributed by atoms with Crippen molar-refractivity contribution in [2.24, 2.45) is 0 Å². The third-order valence-electron chi connectivity index (χ3n) is 2.17. The summed E-state index contributed by atoms with van der Waals surface area (Å²) in [6, 6.07) is 5.55. The highest BCUT2D eigenvalue weighted by Gasteiger charge is 2.01. The first-order chi connectivity index (χ1) is 7.65. The van der Waals surface area contributed by atoms with Gasteiger partial charge in [0.2, 0.25) is 5.91 Å². The van der Waals surface area contributed by atoms with Gasteiger partial charge in [-0.1, -0.05) is 6.07 Å². The molecule has 0 aromatic heterocycles. The van der Waals surface area contributed by atoms with Gasteiger partial charge in [0.25, 0.3) is 0 Å². The molecule has 0 saturated carbocycles. The number of hydrogen-bond donors (Lipinski definition) is 2. The van der Waals surface area contributed by atoms with Crippen LogP contribution in [0.4, 0.5) is 0 Å². The largest absolute Gasteiger partial charge is 0.493 e. The smallest absolute Gasteiger partial charge is 0.223 e. The van der Waals surface area contributed by atoms with E-state index in [4.69, 9.17) is 9.84 Å². The van der Waals surface area contributed by atoms with Gasteiger partial charge in [-0.2, -0.15) is 0 Å². The standard InChI is InChI=1S/C12H17NO3/c1-9-5-10(8-14)7-11(6-9)16-4-3-12(15)13-2/h5-7,14H,3-4,8H2,1-2H3,(H,13,15). The number of rotatable bonds is 5. The summed E-state index contributed by atoms with van der Waals surface area (Å²) in [5.74, 6) is 0.642. The molecule has 0 atom stereocenters. The van der Waals surface area contributed by atoms with Gasteiger partial charge < -0.3 is 15.2 Å². The zero-order valence-electron chi connectivity index (χ0n) is 9.62. The molecule has 16 heavy (non-hydrogen) atoms. The first kappa shape index (κ1) is 12.5. The highest BCUT2D eigenvalue weighted by Crippen LogP contribution is 2.17. The molecule has 0 radical (unpaired) electrons. The lowest BCUT2D eigenvalue weighted by atomic mass is 10.1. The average Bonchev–Trinajstić information content (AvgIpc) is 2.28. The molecule has 88 valence electrons. The molecule has 0 heterocycles. The summed E-state index contributed by atoms with van der Waals surface area (Å²) in [5.41, 5.74) is 1.84. The predicted molar refractivity (Wildman–Crippen MR) is 61.3 cm³/mol. The molecule has 1 rings (SSSR count). The van der Waals surface area contributed by atoms with Gasteiger partial charge >= 0.3 is 0 Å². The van der Waals surface area contributed by atoms with Crippen molar-refractivity contribution < 1.29 is 14.6 Å². The molecular weight excluding hydrogens is 206 g/mol. The number of nitrogens with one attached hydrogen (secondary N) is 1.